The summed E-state index contributed by atoms with van der Waals surface area (Å²) < 4.78 is 36.7. The van der Waals surface area contributed by atoms with E-state index in [9.17, 15) is 13.2 Å². The molecular formula is C13H20F3N3. The Bertz CT molecular complexity index is 391. The van der Waals surface area contributed by atoms with Crippen LogP contribution in [0.3, 0.4) is 0 Å². The monoisotopic (exact) mass is 275 g/mol. The maximum Gasteiger partial charge on any atom is 0.389 e. The van der Waals surface area contributed by atoms with Gasteiger partial charge in [-0.2, -0.15) is 13.2 Å². The van der Waals surface area contributed by atoms with Crippen LogP contribution in [0.4, 0.5) is 19.0 Å². The number of hydrogen-bond donors (Lipinski definition) is 1. The van der Waals surface area contributed by atoms with Crippen LogP contribution in [0.5, 0.6) is 0 Å². The fraction of sp³-hybridized carbons (Fsp3) is 0.692. The van der Waals surface area contributed by atoms with Gasteiger partial charge in [-0.25, -0.2) is 9.97 Å². The van der Waals surface area contributed by atoms with E-state index in [2.05, 4.69) is 15.3 Å². The summed E-state index contributed by atoms with van der Waals surface area (Å²) in [7, 11) is 0. The van der Waals surface area contributed by atoms with E-state index >= 15 is 0 Å². The molecule has 1 aromatic rings. The molecule has 1 N–H and O–H groups in total. The van der Waals surface area contributed by atoms with Gasteiger partial charge in [0.15, 0.2) is 0 Å². The topological polar surface area (TPSA) is 37.8 Å². The average Bonchev–Trinajstić information content (AvgIpc) is 2.33. The first-order valence-corrected chi connectivity index (χ1v) is 6.62. The van der Waals surface area contributed by atoms with Crippen LogP contribution in [0.2, 0.25) is 0 Å². The quantitative estimate of drug-likeness (QED) is 0.823. The highest BCUT2D eigenvalue weighted by molar-refractivity contribution is 5.36. The van der Waals surface area contributed by atoms with E-state index in [1.165, 1.54) is 0 Å². The van der Waals surface area contributed by atoms with Crippen molar-refractivity contribution in [3.8, 4) is 0 Å². The Kier molecular flexibility index (Phi) is 6.05. The minimum atomic E-state index is -4.17. The van der Waals surface area contributed by atoms with Crippen LogP contribution in [0.1, 0.15) is 44.6 Å². The first kappa shape index (κ1) is 15.7. The zero-order valence-corrected chi connectivity index (χ0v) is 11.3. The minimum absolute atomic E-state index is 0.165. The number of hydrogen-bond acceptors (Lipinski definition) is 3. The summed E-state index contributed by atoms with van der Waals surface area (Å²) in [5.74, 6) is 0.888. The van der Waals surface area contributed by atoms with E-state index in [1.807, 2.05) is 19.9 Å². The smallest absolute Gasteiger partial charge is 0.370 e. The highest BCUT2D eigenvalue weighted by atomic mass is 19.4. The number of aromatic nitrogens is 2. The predicted molar refractivity (Wildman–Crippen MR) is 69.2 cm³/mol. The van der Waals surface area contributed by atoms with Crippen molar-refractivity contribution in [2.45, 2.75) is 52.1 Å². The normalized spacial score (nSPS) is 11.6. The van der Waals surface area contributed by atoms with Crippen LogP contribution in [0.15, 0.2) is 6.07 Å². The van der Waals surface area contributed by atoms with E-state index in [-0.39, 0.29) is 12.2 Å². The molecule has 0 unspecified atom stereocenters. The van der Waals surface area contributed by atoms with Crippen LogP contribution in [0, 0.1) is 0 Å². The summed E-state index contributed by atoms with van der Waals surface area (Å²) >= 11 is 0. The van der Waals surface area contributed by atoms with E-state index in [4.69, 9.17) is 0 Å². The molecule has 108 valence electrons. The number of alkyl halides is 3. The molecule has 1 rings (SSSR count). The molecule has 0 spiro atoms. The molecule has 0 fully saturated rings. The minimum Gasteiger partial charge on any atom is -0.370 e. The standard InChI is InChI=1S/C13H20F3N3/c1-3-5-10-9-12(17-8-4-2)19-11(18-10)6-7-13(14,15)16/h9H,3-8H2,1-2H3,(H,17,18,19). The Morgan fingerprint density at radius 3 is 2.42 bits per heavy atom. The maximum absolute atomic E-state index is 12.2. The largest absolute Gasteiger partial charge is 0.389 e. The lowest BCUT2D eigenvalue weighted by Crippen LogP contribution is -2.12. The molecule has 0 bridgehead atoms. The third kappa shape index (κ3) is 6.40. The average molecular weight is 275 g/mol. The predicted octanol–water partition coefficient (Wildman–Crippen LogP) is 3.75. The lowest BCUT2D eigenvalue weighted by molar-refractivity contribution is -0.134. The first-order chi connectivity index (χ1) is 8.94. The third-order valence-corrected chi connectivity index (χ3v) is 2.52. The molecule has 1 aromatic heterocycles. The van der Waals surface area contributed by atoms with Gasteiger partial charge in [0.2, 0.25) is 0 Å². The number of nitrogens with zero attached hydrogens (tertiary/aromatic N) is 2. The molecule has 6 heteroatoms. The van der Waals surface area contributed by atoms with Gasteiger partial charge in [0.1, 0.15) is 11.6 Å². The van der Waals surface area contributed by atoms with Crippen molar-refractivity contribution < 1.29 is 13.2 Å². The zero-order valence-electron chi connectivity index (χ0n) is 11.3. The Morgan fingerprint density at radius 2 is 1.84 bits per heavy atom. The number of nitrogens with one attached hydrogen (secondary N) is 1. The maximum atomic E-state index is 12.2. The van der Waals surface area contributed by atoms with Gasteiger partial charge in [-0.05, 0) is 12.8 Å². The number of rotatable bonds is 7. The number of halogens is 3. The highest BCUT2D eigenvalue weighted by Crippen LogP contribution is 2.21. The van der Waals surface area contributed by atoms with Crippen LogP contribution >= 0.6 is 0 Å². The lowest BCUT2D eigenvalue weighted by atomic mass is 10.2. The molecule has 3 nitrogen and oxygen atoms in total. The SMILES string of the molecule is CCCNc1cc(CCC)nc(CCC(F)(F)F)n1. The van der Waals surface area contributed by atoms with Gasteiger partial charge < -0.3 is 5.32 Å². The second kappa shape index (κ2) is 7.31. The highest BCUT2D eigenvalue weighted by Gasteiger charge is 2.27. The Balaban J connectivity index is 2.79. The van der Waals surface area contributed by atoms with E-state index in [0.29, 0.717) is 5.82 Å². The van der Waals surface area contributed by atoms with Crippen LogP contribution in [0.25, 0.3) is 0 Å². The molecule has 0 saturated carbocycles. The van der Waals surface area contributed by atoms with Gasteiger partial charge in [-0.1, -0.05) is 20.3 Å². The second-order valence-corrected chi connectivity index (χ2v) is 4.45. The van der Waals surface area contributed by atoms with E-state index < -0.39 is 12.6 Å². The van der Waals surface area contributed by atoms with Crippen LogP contribution < -0.4 is 5.32 Å². The Labute approximate surface area is 111 Å². The number of anilines is 1. The molecule has 1 heterocycles. The molecule has 0 saturated heterocycles. The van der Waals surface area contributed by atoms with Gasteiger partial charge in [-0.3, -0.25) is 0 Å². The van der Waals surface area contributed by atoms with Crippen LogP contribution in [-0.4, -0.2) is 22.7 Å². The summed E-state index contributed by atoms with van der Waals surface area (Å²) in [6, 6.07) is 1.82. The van der Waals surface area contributed by atoms with Gasteiger partial charge in [0.05, 0.1) is 6.42 Å². The second-order valence-electron chi connectivity index (χ2n) is 4.45. The van der Waals surface area contributed by atoms with E-state index in [0.717, 1.165) is 31.5 Å². The van der Waals surface area contributed by atoms with Gasteiger partial charge >= 0.3 is 6.18 Å². The number of aryl methyl sites for hydroxylation is 2. The molecule has 0 aliphatic heterocycles. The summed E-state index contributed by atoms with van der Waals surface area (Å²) in [6.45, 7) is 4.78. The molecular weight excluding hydrogens is 255 g/mol. The summed E-state index contributed by atoms with van der Waals surface area (Å²) in [4.78, 5) is 8.32. The van der Waals surface area contributed by atoms with Gasteiger partial charge in [0, 0.05) is 24.7 Å². The fourth-order valence-corrected chi connectivity index (χ4v) is 1.65. The third-order valence-electron chi connectivity index (χ3n) is 2.52. The Morgan fingerprint density at radius 1 is 1.11 bits per heavy atom. The molecule has 19 heavy (non-hydrogen) atoms. The van der Waals surface area contributed by atoms with Crippen molar-refractivity contribution in [1.29, 1.82) is 0 Å². The zero-order chi connectivity index (χ0) is 14.3. The molecule has 0 amide bonds. The van der Waals surface area contributed by atoms with Crippen molar-refractivity contribution in [2.75, 3.05) is 11.9 Å². The molecule has 0 aromatic carbocycles. The molecule has 0 atom stereocenters. The summed E-state index contributed by atoms with van der Waals surface area (Å²) in [5.41, 5.74) is 0.799. The van der Waals surface area contributed by atoms with Crippen molar-refractivity contribution >= 4 is 5.82 Å². The van der Waals surface area contributed by atoms with Crippen molar-refractivity contribution in [2.24, 2.45) is 0 Å². The van der Waals surface area contributed by atoms with Crippen molar-refractivity contribution in [3.63, 3.8) is 0 Å². The summed E-state index contributed by atoms with van der Waals surface area (Å²) in [6.07, 6.45) is -2.62. The van der Waals surface area contributed by atoms with Crippen LogP contribution in [-0.2, 0) is 12.8 Å². The first-order valence-electron chi connectivity index (χ1n) is 6.62. The van der Waals surface area contributed by atoms with Gasteiger partial charge in [0.25, 0.3) is 0 Å². The van der Waals surface area contributed by atoms with Crippen molar-refractivity contribution in [3.05, 3.63) is 17.6 Å². The van der Waals surface area contributed by atoms with Gasteiger partial charge in [-0.15, -0.1) is 0 Å². The molecule has 0 aliphatic rings. The Hall–Kier alpha value is -1.33. The molecule has 0 radical (unpaired) electrons. The molecule has 0 aliphatic carbocycles. The van der Waals surface area contributed by atoms with E-state index in [1.54, 1.807) is 0 Å². The summed E-state index contributed by atoms with van der Waals surface area (Å²) in [5, 5.41) is 3.10. The lowest BCUT2D eigenvalue weighted by Gasteiger charge is -2.10. The van der Waals surface area contributed by atoms with Crippen molar-refractivity contribution in [1.82, 2.24) is 9.97 Å². The fourth-order valence-electron chi connectivity index (χ4n) is 1.65.